The van der Waals surface area contributed by atoms with Crippen molar-refractivity contribution in [2.45, 2.75) is 18.8 Å². The van der Waals surface area contributed by atoms with E-state index in [4.69, 9.17) is 24.7 Å². The molecule has 3 aromatic rings. The second-order valence-electron chi connectivity index (χ2n) is 7.47. The lowest BCUT2D eigenvalue weighted by atomic mass is 9.86. The second kappa shape index (κ2) is 9.09. The van der Waals surface area contributed by atoms with Crippen molar-refractivity contribution in [2.24, 2.45) is 5.73 Å². The third-order valence-electron chi connectivity index (χ3n) is 5.44. The fourth-order valence-corrected chi connectivity index (χ4v) is 3.94. The molecular weight excluding hydrogens is 414 g/mol. The van der Waals surface area contributed by atoms with Crippen molar-refractivity contribution in [1.82, 2.24) is 10.2 Å². The number of hydrogen-bond donors (Lipinski definition) is 3. The number of methoxy groups -OCH3 is 2. The van der Waals surface area contributed by atoms with Gasteiger partial charge in [0.2, 0.25) is 11.7 Å². The number of carbonyl (C=O) groups is 1. The number of ether oxygens (including phenoxy) is 4. The third kappa shape index (κ3) is 4.27. The molecule has 1 aliphatic rings. The number of rotatable bonds is 8. The van der Waals surface area contributed by atoms with Gasteiger partial charge in [-0.25, -0.2) is 0 Å². The van der Waals surface area contributed by atoms with Crippen molar-refractivity contribution >= 4 is 5.91 Å². The van der Waals surface area contributed by atoms with Crippen LogP contribution in [0.15, 0.2) is 41.2 Å². The van der Waals surface area contributed by atoms with Crippen LogP contribution in [-0.2, 0) is 11.2 Å². The van der Waals surface area contributed by atoms with Gasteiger partial charge in [0.1, 0.15) is 19.0 Å². The van der Waals surface area contributed by atoms with Crippen molar-refractivity contribution in [3.63, 3.8) is 0 Å². The molecule has 0 aliphatic carbocycles. The van der Waals surface area contributed by atoms with Gasteiger partial charge in [-0.1, -0.05) is 12.1 Å². The molecule has 0 saturated carbocycles. The molecule has 9 heteroatoms. The minimum atomic E-state index is -0.597. The van der Waals surface area contributed by atoms with Gasteiger partial charge < -0.3 is 29.8 Å². The van der Waals surface area contributed by atoms with Crippen LogP contribution >= 0.6 is 0 Å². The summed E-state index contributed by atoms with van der Waals surface area (Å²) in [5.74, 6) is 1.09. The molecule has 2 aromatic carbocycles. The molecule has 0 spiro atoms. The van der Waals surface area contributed by atoms with E-state index in [1.54, 1.807) is 19.2 Å². The molecule has 0 unspecified atom stereocenters. The molecule has 9 nitrogen and oxygen atoms in total. The van der Waals surface area contributed by atoms with E-state index in [2.05, 4.69) is 10.2 Å². The summed E-state index contributed by atoms with van der Waals surface area (Å²) in [5.41, 5.74) is 8.01. The SMILES string of the molecule is COc1ccc(Cc2[nH][nH]c(=O)c2[C@@H](CC(N)=O)c2cc(OC)c3c(c2)OCCO3)cc1. The lowest BCUT2D eigenvalue weighted by Gasteiger charge is -2.24. The molecule has 2 heterocycles. The van der Waals surface area contributed by atoms with E-state index in [0.29, 0.717) is 53.7 Å². The van der Waals surface area contributed by atoms with Gasteiger partial charge in [0.05, 0.1) is 14.2 Å². The maximum atomic E-state index is 12.8. The van der Waals surface area contributed by atoms with Crippen molar-refractivity contribution in [1.29, 1.82) is 0 Å². The van der Waals surface area contributed by atoms with Crippen LogP contribution in [0.4, 0.5) is 0 Å². The van der Waals surface area contributed by atoms with Crippen LogP contribution in [0.1, 0.15) is 34.7 Å². The molecule has 1 aliphatic heterocycles. The highest BCUT2D eigenvalue weighted by molar-refractivity contribution is 5.76. The van der Waals surface area contributed by atoms with Gasteiger partial charge in [0, 0.05) is 30.0 Å². The summed E-state index contributed by atoms with van der Waals surface area (Å²) in [4.78, 5) is 24.8. The van der Waals surface area contributed by atoms with Gasteiger partial charge >= 0.3 is 0 Å². The van der Waals surface area contributed by atoms with Crippen LogP contribution in [0.3, 0.4) is 0 Å². The number of nitrogens with one attached hydrogen (secondary N) is 2. The molecular formula is C23H25N3O6. The minimum absolute atomic E-state index is 0.0562. The lowest BCUT2D eigenvalue weighted by Crippen LogP contribution is -2.22. The van der Waals surface area contributed by atoms with Crippen LogP contribution in [-0.4, -0.2) is 43.5 Å². The number of H-pyrrole nitrogens is 2. The van der Waals surface area contributed by atoms with Crippen LogP contribution in [0.2, 0.25) is 0 Å². The smallest absolute Gasteiger partial charge is 0.267 e. The Morgan fingerprint density at radius 2 is 1.84 bits per heavy atom. The Hall–Kier alpha value is -3.88. The summed E-state index contributed by atoms with van der Waals surface area (Å²) in [6.45, 7) is 0.810. The number of carbonyl (C=O) groups excluding carboxylic acids is 1. The predicted octanol–water partition coefficient (Wildman–Crippen LogP) is 2.09. The first-order valence-electron chi connectivity index (χ1n) is 10.2. The number of aromatic nitrogens is 2. The van der Waals surface area contributed by atoms with Crippen LogP contribution in [0.25, 0.3) is 0 Å². The number of aromatic amines is 2. The Morgan fingerprint density at radius 3 is 2.53 bits per heavy atom. The number of primary amides is 1. The van der Waals surface area contributed by atoms with E-state index in [9.17, 15) is 9.59 Å². The first-order valence-corrected chi connectivity index (χ1v) is 10.2. The largest absolute Gasteiger partial charge is 0.497 e. The molecule has 4 rings (SSSR count). The first kappa shape index (κ1) is 21.4. The molecule has 0 saturated heterocycles. The van der Waals surface area contributed by atoms with Gasteiger partial charge in [-0.05, 0) is 35.4 Å². The Bertz CT molecular complexity index is 1150. The van der Waals surface area contributed by atoms with Crippen LogP contribution in [0, 0.1) is 0 Å². The van der Waals surface area contributed by atoms with Gasteiger partial charge in [0.25, 0.3) is 5.56 Å². The Labute approximate surface area is 184 Å². The van der Waals surface area contributed by atoms with E-state index in [-0.39, 0.29) is 12.0 Å². The fraction of sp³-hybridized carbons (Fsp3) is 0.304. The molecule has 0 fully saturated rings. The standard InChI is InChI=1S/C23H25N3O6/c1-29-15-5-3-13(4-6-15)9-17-21(23(28)26-25-17)16(12-20(24)27)14-10-18(30-2)22-19(11-14)31-7-8-32-22/h3-6,10-11,16H,7-9,12H2,1-2H3,(H2,24,27)(H2,25,26,28)/t16-/m0/s1. The van der Waals surface area contributed by atoms with Crippen LogP contribution < -0.4 is 30.2 Å². The molecule has 4 N–H and O–H groups in total. The van der Waals surface area contributed by atoms with Crippen LogP contribution in [0.5, 0.6) is 23.0 Å². The minimum Gasteiger partial charge on any atom is -0.497 e. The highest BCUT2D eigenvalue weighted by Crippen LogP contribution is 2.43. The van der Waals surface area contributed by atoms with Crippen molar-refractivity contribution < 1.29 is 23.7 Å². The highest BCUT2D eigenvalue weighted by Gasteiger charge is 2.28. The molecule has 168 valence electrons. The molecule has 0 bridgehead atoms. The number of hydrogen-bond acceptors (Lipinski definition) is 6. The van der Waals surface area contributed by atoms with Gasteiger partial charge in [-0.3, -0.25) is 14.7 Å². The van der Waals surface area contributed by atoms with Gasteiger partial charge in [-0.15, -0.1) is 0 Å². The van der Waals surface area contributed by atoms with Gasteiger partial charge in [0.15, 0.2) is 11.5 Å². The monoisotopic (exact) mass is 439 g/mol. The molecule has 1 aromatic heterocycles. The Morgan fingerprint density at radius 1 is 1.09 bits per heavy atom. The summed E-state index contributed by atoms with van der Waals surface area (Å²) in [6, 6.07) is 11.1. The predicted molar refractivity (Wildman–Crippen MR) is 117 cm³/mol. The highest BCUT2D eigenvalue weighted by atomic mass is 16.6. The summed E-state index contributed by atoms with van der Waals surface area (Å²) < 4.78 is 22.1. The Balaban J connectivity index is 1.77. The zero-order valence-electron chi connectivity index (χ0n) is 17.9. The number of fused-ring (bicyclic) bond motifs is 1. The average Bonchev–Trinajstić information content (AvgIpc) is 3.16. The van der Waals surface area contributed by atoms with Crippen molar-refractivity contribution in [3.05, 3.63) is 69.1 Å². The quantitative estimate of drug-likeness (QED) is 0.493. The molecule has 1 amide bonds. The maximum absolute atomic E-state index is 12.8. The number of amides is 1. The molecule has 0 radical (unpaired) electrons. The second-order valence-corrected chi connectivity index (χ2v) is 7.47. The third-order valence-corrected chi connectivity index (χ3v) is 5.44. The summed E-state index contributed by atoms with van der Waals surface area (Å²) in [5, 5.41) is 5.61. The first-order chi connectivity index (χ1) is 15.5. The molecule has 1 atom stereocenters. The lowest BCUT2D eigenvalue weighted by molar-refractivity contribution is -0.118. The van der Waals surface area contributed by atoms with Gasteiger partial charge in [-0.2, -0.15) is 0 Å². The normalized spacial score (nSPS) is 13.4. The zero-order valence-corrected chi connectivity index (χ0v) is 17.9. The maximum Gasteiger partial charge on any atom is 0.267 e. The fourth-order valence-electron chi connectivity index (χ4n) is 3.94. The van der Waals surface area contributed by atoms with E-state index >= 15 is 0 Å². The van der Waals surface area contributed by atoms with E-state index in [1.807, 2.05) is 24.3 Å². The Kier molecular flexibility index (Phi) is 6.07. The number of nitrogens with two attached hydrogens (primary N) is 1. The average molecular weight is 439 g/mol. The summed E-state index contributed by atoms with van der Waals surface area (Å²) in [7, 11) is 3.13. The summed E-state index contributed by atoms with van der Waals surface area (Å²) in [6.07, 6.45) is 0.397. The van der Waals surface area contributed by atoms with E-state index in [1.165, 1.54) is 7.11 Å². The summed E-state index contributed by atoms with van der Waals surface area (Å²) >= 11 is 0. The molecule has 32 heavy (non-hydrogen) atoms. The van der Waals surface area contributed by atoms with E-state index < -0.39 is 11.8 Å². The number of benzene rings is 2. The van der Waals surface area contributed by atoms with E-state index in [0.717, 1.165) is 11.3 Å². The topological polar surface area (TPSA) is 129 Å². The zero-order chi connectivity index (χ0) is 22.7. The van der Waals surface area contributed by atoms with Crippen molar-refractivity contribution in [3.8, 4) is 23.0 Å². The van der Waals surface area contributed by atoms with Crippen molar-refractivity contribution in [2.75, 3.05) is 27.4 Å².